The highest BCUT2D eigenvalue weighted by Gasteiger charge is 2.21. The van der Waals surface area contributed by atoms with Crippen molar-refractivity contribution in [3.05, 3.63) is 27.8 Å². The van der Waals surface area contributed by atoms with E-state index in [1.807, 2.05) is 20.0 Å². The number of aliphatic hydroxyl groups excluding tert-OH is 1. The normalized spacial score (nSPS) is 17.2. The van der Waals surface area contributed by atoms with Crippen LogP contribution >= 0.6 is 11.3 Å². The summed E-state index contributed by atoms with van der Waals surface area (Å²) in [6.07, 6.45) is 0.977. The summed E-state index contributed by atoms with van der Waals surface area (Å²) in [5.41, 5.74) is 2.02. The Morgan fingerprint density at radius 3 is 2.96 bits per heavy atom. The molecule has 130 valence electrons. The van der Waals surface area contributed by atoms with Crippen molar-refractivity contribution in [1.82, 2.24) is 15.0 Å². The Labute approximate surface area is 145 Å². The summed E-state index contributed by atoms with van der Waals surface area (Å²) in [7, 11) is 2.00. The number of hydrogen-bond donors (Lipinski definition) is 2. The van der Waals surface area contributed by atoms with Gasteiger partial charge in [0.05, 0.1) is 36.2 Å². The van der Waals surface area contributed by atoms with E-state index >= 15 is 0 Å². The van der Waals surface area contributed by atoms with Crippen molar-refractivity contribution < 1.29 is 9.84 Å². The molecule has 1 saturated heterocycles. The molecule has 0 spiro atoms. The van der Waals surface area contributed by atoms with Gasteiger partial charge in [0.2, 0.25) is 5.95 Å². The molecule has 1 atom stereocenters. The van der Waals surface area contributed by atoms with Gasteiger partial charge >= 0.3 is 0 Å². The summed E-state index contributed by atoms with van der Waals surface area (Å²) < 4.78 is 5.49. The molecule has 24 heavy (non-hydrogen) atoms. The molecule has 2 aromatic heterocycles. The molecule has 3 heterocycles. The third-order valence-electron chi connectivity index (χ3n) is 3.93. The van der Waals surface area contributed by atoms with Crippen LogP contribution in [0.1, 0.15) is 28.7 Å². The average Bonchev–Trinajstić information content (AvgIpc) is 3.24. The maximum atomic E-state index is 9.03. The fraction of sp³-hybridized carbons (Fsp3) is 0.562. The molecule has 0 saturated carbocycles. The monoisotopic (exact) mass is 349 g/mol. The Kier molecular flexibility index (Phi) is 5.60. The first kappa shape index (κ1) is 17.1. The lowest BCUT2D eigenvalue weighted by molar-refractivity contribution is 0.193. The number of thiazole rings is 1. The molecule has 3 rings (SSSR count). The number of aryl methyl sites for hydroxylation is 1. The van der Waals surface area contributed by atoms with E-state index in [0.717, 1.165) is 35.2 Å². The Morgan fingerprint density at radius 2 is 2.29 bits per heavy atom. The largest absolute Gasteiger partial charge is 0.395 e. The number of aliphatic hydroxyl groups is 1. The van der Waals surface area contributed by atoms with Crippen molar-refractivity contribution in [3.63, 3.8) is 0 Å². The third kappa shape index (κ3) is 4.19. The summed E-state index contributed by atoms with van der Waals surface area (Å²) in [6, 6.07) is 2.03. The van der Waals surface area contributed by atoms with Crippen molar-refractivity contribution in [3.8, 4) is 0 Å². The van der Waals surface area contributed by atoms with E-state index < -0.39 is 0 Å². The quantitative estimate of drug-likeness (QED) is 0.788. The minimum Gasteiger partial charge on any atom is -0.395 e. The van der Waals surface area contributed by atoms with Gasteiger partial charge in [-0.2, -0.15) is 4.98 Å². The Bertz CT molecular complexity index is 672. The van der Waals surface area contributed by atoms with E-state index in [1.165, 1.54) is 0 Å². The van der Waals surface area contributed by atoms with Crippen LogP contribution in [-0.2, 0) is 11.3 Å². The lowest BCUT2D eigenvalue weighted by Gasteiger charge is -2.20. The standard InChI is InChI=1S/C16H23N5O2S/c1-11-18-13(10-24-11)8-21(2)15-7-14(12-3-6-23-9-12)19-16(20-15)17-4-5-22/h7,10,12,22H,3-6,8-9H2,1-2H3,(H,17,19,20)/t12-/m1/s1. The SMILES string of the molecule is Cc1nc(CN(C)c2cc([C@@H]3CCOC3)nc(NCCO)n2)cs1. The third-order valence-corrected chi connectivity index (χ3v) is 4.75. The number of aromatic nitrogens is 3. The number of nitrogens with zero attached hydrogens (tertiary/aromatic N) is 4. The van der Waals surface area contributed by atoms with E-state index in [9.17, 15) is 0 Å². The number of rotatable bonds is 7. The molecular weight excluding hydrogens is 326 g/mol. The van der Waals surface area contributed by atoms with Crippen LogP contribution < -0.4 is 10.2 Å². The van der Waals surface area contributed by atoms with Crippen LogP contribution in [0.4, 0.5) is 11.8 Å². The van der Waals surface area contributed by atoms with Crippen molar-refractivity contribution in [2.24, 2.45) is 0 Å². The van der Waals surface area contributed by atoms with Crippen molar-refractivity contribution in [2.75, 3.05) is 43.6 Å². The molecule has 1 fully saturated rings. The zero-order chi connectivity index (χ0) is 16.9. The summed E-state index contributed by atoms with van der Waals surface area (Å²) in [5, 5.41) is 15.2. The molecule has 1 aliphatic rings. The lowest BCUT2D eigenvalue weighted by atomic mass is 10.0. The summed E-state index contributed by atoms with van der Waals surface area (Å²) in [5.74, 6) is 1.69. The first-order valence-corrected chi connectivity index (χ1v) is 8.97. The zero-order valence-electron chi connectivity index (χ0n) is 14.0. The van der Waals surface area contributed by atoms with Crippen LogP contribution in [-0.4, -0.2) is 53.5 Å². The molecule has 7 nitrogen and oxygen atoms in total. The van der Waals surface area contributed by atoms with Crippen LogP contribution in [0.15, 0.2) is 11.4 Å². The summed E-state index contributed by atoms with van der Waals surface area (Å²) in [4.78, 5) is 15.7. The highest BCUT2D eigenvalue weighted by molar-refractivity contribution is 7.09. The van der Waals surface area contributed by atoms with Crippen LogP contribution in [0.5, 0.6) is 0 Å². The number of hydrogen-bond acceptors (Lipinski definition) is 8. The molecule has 0 aromatic carbocycles. The van der Waals surface area contributed by atoms with Gasteiger partial charge in [-0.1, -0.05) is 0 Å². The van der Waals surface area contributed by atoms with E-state index in [2.05, 4.69) is 30.5 Å². The fourth-order valence-corrected chi connectivity index (χ4v) is 3.28. The molecule has 0 unspecified atom stereocenters. The first-order chi connectivity index (χ1) is 11.7. The van der Waals surface area contributed by atoms with Gasteiger partial charge in [-0.25, -0.2) is 9.97 Å². The van der Waals surface area contributed by atoms with Gasteiger partial charge in [-0.05, 0) is 13.3 Å². The Balaban J connectivity index is 1.82. The Morgan fingerprint density at radius 1 is 1.42 bits per heavy atom. The second-order valence-electron chi connectivity index (χ2n) is 5.90. The second-order valence-corrected chi connectivity index (χ2v) is 6.96. The highest BCUT2D eigenvalue weighted by Crippen LogP contribution is 2.27. The minimum absolute atomic E-state index is 0.0450. The van der Waals surface area contributed by atoms with E-state index in [-0.39, 0.29) is 6.61 Å². The minimum atomic E-state index is 0.0450. The molecular formula is C16H23N5O2S. The van der Waals surface area contributed by atoms with Crippen LogP contribution in [0.25, 0.3) is 0 Å². The summed E-state index contributed by atoms with van der Waals surface area (Å²) in [6.45, 7) is 4.65. The molecule has 0 radical (unpaired) electrons. The summed E-state index contributed by atoms with van der Waals surface area (Å²) >= 11 is 1.65. The van der Waals surface area contributed by atoms with E-state index in [0.29, 0.717) is 31.6 Å². The second kappa shape index (κ2) is 7.87. The van der Waals surface area contributed by atoms with Gasteiger partial charge in [0.25, 0.3) is 0 Å². The first-order valence-electron chi connectivity index (χ1n) is 8.09. The van der Waals surface area contributed by atoms with E-state index in [1.54, 1.807) is 11.3 Å². The molecule has 8 heteroatoms. The molecule has 0 amide bonds. The predicted octanol–water partition coefficient (Wildman–Crippen LogP) is 1.79. The average molecular weight is 349 g/mol. The fourth-order valence-electron chi connectivity index (χ4n) is 2.68. The Hall–Kier alpha value is -1.77. The molecule has 2 aromatic rings. The van der Waals surface area contributed by atoms with Gasteiger partial charge in [0.15, 0.2) is 0 Å². The van der Waals surface area contributed by atoms with Gasteiger partial charge in [0.1, 0.15) is 5.82 Å². The van der Waals surface area contributed by atoms with E-state index in [4.69, 9.17) is 9.84 Å². The van der Waals surface area contributed by atoms with Crippen LogP contribution in [0.3, 0.4) is 0 Å². The van der Waals surface area contributed by atoms with Crippen molar-refractivity contribution in [2.45, 2.75) is 25.8 Å². The van der Waals surface area contributed by atoms with Gasteiger partial charge < -0.3 is 20.1 Å². The van der Waals surface area contributed by atoms with Gasteiger partial charge in [-0.15, -0.1) is 11.3 Å². The maximum absolute atomic E-state index is 9.03. The number of ether oxygens (including phenoxy) is 1. The maximum Gasteiger partial charge on any atom is 0.224 e. The molecule has 0 bridgehead atoms. The highest BCUT2D eigenvalue weighted by atomic mass is 32.1. The number of anilines is 2. The molecule has 1 aliphatic heterocycles. The topological polar surface area (TPSA) is 83.4 Å². The number of nitrogens with one attached hydrogen (secondary N) is 1. The van der Waals surface area contributed by atoms with Crippen LogP contribution in [0.2, 0.25) is 0 Å². The molecule has 0 aliphatic carbocycles. The smallest absolute Gasteiger partial charge is 0.224 e. The van der Waals surface area contributed by atoms with Gasteiger partial charge in [0, 0.05) is 37.6 Å². The molecule has 2 N–H and O–H groups in total. The predicted molar refractivity (Wildman–Crippen MR) is 94.7 cm³/mol. The van der Waals surface area contributed by atoms with Crippen LogP contribution in [0, 0.1) is 6.92 Å². The van der Waals surface area contributed by atoms with Crippen molar-refractivity contribution in [1.29, 1.82) is 0 Å². The zero-order valence-corrected chi connectivity index (χ0v) is 14.8. The van der Waals surface area contributed by atoms with Gasteiger partial charge in [-0.3, -0.25) is 0 Å². The lowest BCUT2D eigenvalue weighted by Crippen LogP contribution is -2.20. The van der Waals surface area contributed by atoms with Crippen molar-refractivity contribution >= 4 is 23.1 Å².